The summed E-state index contributed by atoms with van der Waals surface area (Å²) in [4.78, 5) is 42.5. The number of benzene rings is 2. The predicted molar refractivity (Wildman–Crippen MR) is 98.7 cm³/mol. The first-order valence-electron chi connectivity index (χ1n) is 8.83. The molecule has 2 heterocycles. The first-order chi connectivity index (χ1) is 13.5. The van der Waals surface area contributed by atoms with Gasteiger partial charge in [0.15, 0.2) is 0 Å². The van der Waals surface area contributed by atoms with Crippen molar-refractivity contribution in [2.75, 3.05) is 31.6 Å². The smallest absolute Gasteiger partial charge is 0.332 e. The summed E-state index contributed by atoms with van der Waals surface area (Å²) in [5, 5.41) is 0. The van der Waals surface area contributed by atoms with Gasteiger partial charge in [-0.05, 0) is 30.3 Å². The Morgan fingerprint density at radius 3 is 2.64 bits per heavy atom. The lowest BCUT2D eigenvalue weighted by molar-refractivity contribution is -0.120. The molecule has 28 heavy (non-hydrogen) atoms. The van der Waals surface area contributed by atoms with Crippen molar-refractivity contribution in [2.24, 2.45) is 0 Å². The Morgan fingerprint density at radius 2 is 1.89 bits per heavy atom. The molecule has 2 fully saturated rings. The molecule has 2 aliphatic heterocycles. The third-order valence-corrected chi connectivity index (χ3v) is 4.99. The standard InChI is InChI=1S/C20H18FN3O4/c1-28-16-7-3-6-15(11-16)24-19(26)17-12-22(8-9-23(17)20(24)27)18(25)13-4-2-5-14(21)10-13/h2-7,10-11,17H,8-9,12H2,1H3. The van der Waals surface area contributed by atoms with E-state index >= 15 is 0 Å². The van der Waals surface area contributed by atoms with Gasteiger partial charge in [-0.15, -0.1) is 0 Å². The molecule has 0 aromatic heterocycles. The van der Waals surface area contributed by atoms with Crippen LogP contribution < -0.4 is 9.64 Å². The molecule has 0 bridgehead atoms. The number of ether oxygens (including phenoxy) is 1. The van der Waals surface area contributed by atoms with Crippen LogP contribution in [0.15, 0.2) is 48.5 Å². The molecule has 0 radical (unpaired) electrons. The number of piperazine rings is 1. The Hall–Kier alpha value is -3.42. The van der Waals surface area contributed by atoms with Crippen molar-refractivity contribution in [3.8, 4) is 5.75 Å². The van der Waals surface area contributed by atoms with Crippen molar-refractivity contribution in [3.05, 3.63) is 59.9 Å². The fourth-order valence-electron chi connectivity index (χ4n) is 3.57. The molecule has 7 nitrogen and oxygen atoms in total. The minimum atomic E-state index is -0.759. The average Bonchev–Trinajstić information content (AvgIpc) is 2.97. The summed E-state index contributed by atoms with van der Waals surface area (Å²) in [6, 6.07) is 10.9. The summed E-state index contributed by atoms with van der Waals surface area (Å²) in [5.41, 5.74) is 0.640. The molecule has 8 heteroatoms. The lowest BCUT2D eigenvalue weighted by atomic mass is 10.1. The van der Waals surface area contributed by atoms with E-state index in [0.29, 0.717) is 11.4 Å². The molecule has 0 saturated carbocycles. The van der Waals surface area contributed by atoms with Gasteiger partial charge in [0, 0.05) is 24.7 Å². The van der Waals surface area contributed by atoms with Gasteiger partial charge in [0.05, 0.1) is 19.3 Å². The largest absolute Gasteiger partial charge is 0.497 e. The zero-order valence-electron chi connectivity index (χ0n) is 15.2. The number of rotatable bonds is 3. The molecule has 1 unspecified atom stereocenters. The van der Waals surface area contributed by atoms with Gasteiger partial charge >= 0.3 is 6.03 Å². The number of nitrogens with zero attached hydrogens (tertiary/aromatic N) is 3. The fraction of sp³-hybridized carbons (Fsp3) is 0.250. The molecule has 2 aromatic carbocycles. The van der Waals surface area contributed by atoms with Crippen LogP contribution in [-0.4, -0.2) is 60.4 Å². The highest BCUT2D eigenvalue weighted by atomic mass is 19.1. The van der Waals surface area contributed by atoms with E-state index in [1.807, 2.05) is 0 Å². The van der Waals surface area contributed by atoms with Crippen molar-refractivity contribution in [2.45, 2.75) is 6.04 Å². The highest BCUT2D eigenvalue weighted by molar-refractivity contribution is 6.21. The first-order valence-corrected chi connectivity index (χ1v) is 8.83. The van der Waals surface area contributed by atoms with Gasteiger partial charge in [-0.2, -0.15) is 0 Å². The lowest BCUT2D eigenvalue weighted by Crippen LogP contribution is -2.54. The molecule has 0 N–H and O–H groups in total. The number of halogens is 1. The molecule has 2 aromatic rings. The molecular formula is C20H18FN3O4. The van der Waals surface area contributed by atoms with Crippen LogP contribution in [-0.2, 0) is 4.79 Å². The lowest BCUT2D eigenvalue weighted by Gasteiger charge is -2.35. The van der Waals surface area contributed by atoms with Gasteiger partial charge in [0.1, 0.15) is 17.6 Å². The van der Waals surface area contributed by atoms with E-state index in [1.165, 1.54) is 41.2 Å². The van der Waals surface area contributed by atoms with Gasteiger partial charge in [0.25, 0.3) is 11.8 Å². The van der Waals surface area contributed by atoms with Crippen LogP contribution in [0.25, 0.3) is 0 Å². The van der Waals surface area contributed by atoms with Crippen LogP contribution >= 0.6 is 0 Å². The predicted octanol–water partition coefficient (Wildman–Crippen LogP) is 2.13. The van der Waals surface area contributed by atoms with E-state index in [2.05, 4.69) is 0 Å². The Labute approximate surface area is 160 Å². The van der Waals surface area contributed by atoms with Gasteiger partial charge in [-0.25, -0.2) is 14.1 Å². The van der Waals surface area contributed by atoms with E-state index in [1.54, 1.807) is 24.3 Å². The molecule has 2 aliphatic rings. The Bertz CT molecular complexity index is 964. The number of carbonyl (C=O) groups excluding carboxylic acids is 3. The number of fused-ring (bicyclic) bond motifs is 1. The highest BCUT2D eigenvalue weighted by Gasteiger charge is 2.49. The van der Waals surface area contributed by atoms with E-state index in [-0.39, 0.29) is 31.1 Å². The van der Waals surface area contributed by atoms with E-state index in [9.17, 15) is 18.8 Å². The molecule has 0 spiro atoms. The quantitative estimate of drug-likeness (QED) is 0.762. The number of hydrogen-bond acceptors (Lipinski definition) is 4. The highest BCUT2D eigenvalue weighted by Crippen LogP contribution is 2.30. The summed E-state index contributed by atoms with van der Waals surface area (Å²) in [7, 11) is 1.51. The maximum absolute atomic E-state index is 13.4. The van der Waals surface area contributed by atoms with Crippen LogP contribution in [0.2, 0.25) is 0 Å². The third kappa shape index (κ3) is 2.96. The minimum Gasteiger partial charge on any atom is -0.497 e. The van der Waals surface area contributed by atoms with Crippen LogP contribution in [0.3, 0.4) is 0 Å². The summed E-state index contributed by atoms with van der Waals surface area (Å²) in [6.07, 6.45) is 0. The van der Waals surface area contributed by atoms with E-state index in [4.69, 9.17) is 4.74 Å². The number of urea groups is 1. The SMILES string of the molecule is COc1cccc(N2C(=O)C3CN(C(=O)c4cccc(F)c4)CCN3C2=O)c1. The maximum Gasteiger partial charge on any atom is 0.332 e. The number of amides is 4. The van der Waals surface area contributed by atoms with E-state index in [0.717, 1.165) is 4.90 Å². The summed E-state index contributed by atoms with van der Waals surface area (Å²) < 4.78 is 18.6. The molecular weight excluding hydrogens is 365 g/mol. The number of anilines is 1. The van der Waals surface area contributed by atoms with Crippen molar-refractivity contribution >= 4 is 23.5 Å². The molecule has 0 aliphatic carbocycles. The van der Waals surface area contributed by atoms with E-state index < -0.39 is 23.8 Å². The minimum absolute atomic E-state index is 0.0698. The van der Waals surface area contributed by atoms with Gasteiger partial charge in [-0.3, -0.25) is 9.59 Å². The van der Waals surface area contributed by atoms with Gasteiger partial charge in [0.2, 0.25) is 0 Å². The van der Waals surface area contributed by atoms with Crippen LogP contribution in [0.4, 0.5) is 14.9 Å². The zero-order valence-corrected chi connectivity index (χ0v) is 15.2. The molecule has 4 amide bonds. The first kappa shape index (κ1) is 18.0. The third-order valence-electron chi connectivity index (χ3n) is 4.99. The number of methoxy groups -OCH3 is 1. The Morgan fingerprint density at radius 1 is 1.11 bits per heavy atom. The van der Waals surface area contributed by atoms with Crippen LogP contribution in [0.1, 0.15) is 10.4 Å². The molecule has 1 atom stereocenters. The Balaban J connectivity index is 1.56. The maximum atomic E-state index is 13.4. The van der Waals surface area contributed by atoms with Crippen LogP contribution in [0, 0.1) is 5.82 Å². The zero-order chi connectivity index (χ0) is 19.8. The summed E-state index contributed by atoms with van der Waals surface area (Å²) >= 11 is 0. The molecule has 144 valence electrons. The number of carbonyl (C=O) groups is 3. The van der Waals surface area contributed by atoms with Gasteiger partial charge < -0.3 is 14.5 Å². The summed E-state index contributed by atoms with van der Waals surface area (Å²) in [5.74, 6) is -0.721. The average molecular weight is 383 g/mol. The Kier molecular flexibility index (Phi) is 4.46. The van der Waals surface area contributed by atoms with Crippen molar-refractivity contribution < 1.29 is 23.5 Å². The topological polar surface area (TPSA) is 70.2 Å². The second-order valence-corrected chi connectivity index (χ2v) is 6.63. The monoisotopic (exact) mass is 383 g/mol. The second kappa shape index (κ2) is 6.95. The van der Waals surface area contributed by atoms with Crippen molar-refractivity contribution in [1.82, 2.24) is 9.80 Å². The van der Waals surface area contributed by atoms with Crippen molar-refractivity contribution in [3.63, 3.8) is 0 Å². The molecule has 4 rings (SSSR count). The summed E-state index contributed by atoms with van der Waals surface area (Å²) in [6.45, 7) is 0.577. The second-order valence-electron chi connectivity index (χ2n) is 6.63. The van der Waals surface area contributed by atoms with Gasteiger partial charge in [-0.1, -0.05) is 12.1 Å². The van der Waals surface area contributed by atoms with Crippen molar-refractivity contribution in [1.29, 1.82) is 0 Å². The number of hydrogen-bond donors (Lipinski definition) is 0. The number of imide groups is 1. The van der Waals surface area contributed by atoms with Crippen LogP contribution in [0.5, 0.6) is 5.75 Å². The molecule has 2 saturated heterocycles. The fourth-order valence-corrected chi connectivity index (χ4v) is 3.57. The normalized spacial score (nSPS) is 19.1.